The van der Waals surface area contributed by atoms with Gasteiger partial charge in [-0.15, -0.1) is 0 Å². The summed E-state index contributed by atoms with van der Waals surface area (Å²) in [5.74, 6) is 0.426. The van der Waals surface area contributed by atoms with E-state index in [-0.39, 0.29) is 17.3 Å². The molecule has 12 heteroatoms. The predicted molar refractivity (Wildman–Crippen MR) is 169 cm³/mol. The molecule has 3 aromatic carbocycles. The number of anilines is 3. The van der Waals surface area contributed by atoms with Crippen LogP contribution in [-0.4, -0.2) is 37.7 Å². The fraction of sp³-hybridized carbons (Fsp3) is 0.188. The molecule has 0 radical (unpaired) electrons. The molecule has 2 aromatic heterocycles. The van der Waals surface area contributed by atoms with Crippen molar-refractivity contribution in [2.75, 3.05) is 23.4 Å². The zero-order valence-electron chi connectivity index (χ0n) is 24.7. The third kappa shape index (κ3) is 6.80. The number of nitrogens with zero attached hydrogens (tertiary/aromatic N) is 6. The second kappa shape index (κ2) is 13.9. The Balaban J connectivity index is 0.000000339. The molecule has 0 unspecified atom stereocenters. The van der Waals surface area contributed by atoms with Crippen LogP contribution in [0.4, 0.5) is 17.5 Å². The number of hydrogen-bond acceptors (Lipinski definition) is 10. The molecule has 1 amide bonds. The number of hydroxylamine groups is 1. The smallest absolute Gasteiger partial charge is 0.274 e. The number of aromatic nitrogens is 4. The fourth-order valence-electron chi connectivity index (χ4n) is 4.75. The number of benzene rings is 3. The number of nitrogens with two attached hydrogens (primary N) is 2. The lowest BCUT2D eigenvalue weighted by atomic mass is 10.1. The highest BCUT2D eigenvalue weighted by molar-refractivity contribution is 5.93. The number of nitrogen functional groups attached to an aromatic ring is 2. The molecule has 44 heavy (non-hydrogen) atoms. The molecule has 0 bridgehead atoms. The van der Waals surface area contributed by atoms with Gasteiger partial charge in [0.2, 0.25) is 5.95 Å². The summed E-state index contributed by atoms with van der Waals surface area (Å²) < 4.78 is 1.71. The summed E-state index contributed by atoms with van der Waals surface area (Å²) in [5, 5.41) is 17.9. The van der Waals surface area contributed by atoms with E-state index < -0.39 is 5.91 Å². The van der Waals surface area contributed by atoms with E-state index in [0.717, 1.165) is 29.2 Å². The second-order valence-electron chi connectivity index (χ2n) is 9.96. The third-order valence-corrected chi connectivity index (χ3v) is 6.83. The fourth-order valence-corrected chi connectivity index (χ4v) is 4.75. The number of aryl methyl sites for hydroxylation is 2. The van der Waals surface area contributed by atoms with Crippen LogP contribution >= 0.6 is 0 Å². The molecule has 224 valence electrons. The van der Waals surface area contributed by atoms with Crippen LogP contribution in [0.2, 0.25) is 0 Å². The number of hydrogen-bond donors (Lipinski definition) is 4. The lowest BCUT2D eigenvalue weighted by molar-refractivity contribution is 0.0706. The van der Waals surface area contributed by atoms with Crippen LogP contribution in [0.15, 0.2) is 77.6 Å². The van der Waals surface area contributed by atoms with Gasteiger partial charge >= 0.3 is 0 Å². The monoisotopic (exact) mass is 591 g/mol. The van der Waals surface area contributed by atoms with E-state index in [4.69, 9.17) is 26.9 Å². The van der Waals surface area contributed by atoms with Gasteiger partial charge in [-0.2, -0.15) is 10.2 Å². The molecule has 0 fully saturated rings. The Hall–Kier alpha value is -5.80. The van der Waals surface area contributed by atoms with Crippen molar-refractivity contribution < 1.29 is 10.0 Å². The summed E-state index contributed by atoms with van der Waals surface area (Å²) >= 11 is 0. The van der Waals surface area contributed by atoms with E-state index in [1.807, 2.05) is 78.7 Å². The minimum absolute atomic E-state index is 0.0907. The molecular weight excluding hydrogens is 558 g/mol. The van der Waals surface area contributed by atoms with E-state index in [1.54, 1.807) is 29.1 Å². The van der Waals surface area contributed by atoms with Gasteiger partial charge in [0.05, 0.1) is 28.0 Å². The first-order chi connectivity index (χ1) is 21.2. The molecule has 0 saturated carbocycles. The maximum absolute atomic E-state index is 13.8. The number of carbonyl (C=O) groups excluding carboxylic acids is 1. The standard InChI is InChI=1S/C26H26N4O3.C6H7N5/c1-3-8-23-27-21-11-7-12-22(24(21)26(32)30(23)20-9-5-4-6-10-20)29(2)17-18-13-15-19(16-14-18)25(31)28-33;1-3-4(2-7)5(8)11-6(9)10-3/h4-7,9-16,33H,3,8,17H2,1-2H3,(H,28,31);1H3,(H4,8,9,10,11). The molecule has 5 rings (SSSR count). The zero-order valence-corrected chi connectivity index (χ0v) is 24.7. The topological polar surface area (TPSA) is 189 Å². The first kappa shape index (κ1) is 31.1. The third-order valence-electron chi connectivity index (χ3n) is 6.83. The van der Waals surface area contributed by atoms with Gasteiger partial charge in [-0.05, 0) is 55.3 Å². The van der Waals surface area contributed by atoms with Gasteiger partial charge < -0.3 is 16.4 Å². The quantitative estimate of drug-likeness (QED) is 0.159. The predicted octanol–water partition coefficient (Wildman–Crippen LogP) is 3.91. The van der Waals surface area contributed by atoms with Crippen molar-refractivity contribution in [1.82, 2.24) is 25.0 Å². The van der Waals surface area contributed by atoms with E-state index in [9.17, 15) is 9.59 Å². The molecule has 0 aliphatic heterocycles. The van der Waals surface area contributed by atoms with Gasteiger partial charge in [0.25, 0.3) is 11.5 Å². The lowest BCUT2D eigenvalue weighted by Crippen LogP contribution is -2.26. The van der Waals surface area contributed by atoms with Gasteiger partial charge in [-0.1, -0.05) is 43.3 Å². The van der Waals surface area contributed by atoms with Crippen LogP contribution in [0.3, 0.4) is 0 Å². The number of fused-ring (bicyclic) bond motifs is 1. The SMILES string of the molecule is CCCc1nc2cccc(N(C)Cc3ccc(C(=O)NO)cc3)c2c(=O)n1-c1ccccc1.Cc1nc(N)nc(N)c1C#N. The molecule has 0 spiro atoms. The first-order valence-electron chi connectivity index (χ1n) is 13.8. The van der Waals surface area contributed by atoms with Crippen LogP contribution in [0.5, 0.6) is 0 Å². The summed E-state index contributed by atoms with van der Waals surface area (Å²) in [6.45, 7) is 4.26. The maximum Gasteiger partial charge on any atom is 0.274 e. The summed E-state index contributed by atoms with van der Waals surface area (Å²) in [6.07, 6.45) is 1.59. The first-order valence-corrected chi connectivity index (χ1v) is 13.8. The van der Waals surface area contributed by atoms with Crippen molar-refractivity contribution in [1.29, 1.82) is 5.26 Å². The Morgan fingerprint density at radius 2 is 1.73 bits per heavy atom. The van der Waals surface area contributed by atoms with Gasteiger partial charge in [-0.25, -0.2) is 15.4 Å². The van der Waals surface area contributed by atoms with Gasteiger partial charge in [0.15, 0.2) is 0 Å². The molecule has 6 N–H and O–H groups in total. The average Bonchev–Trinajstić information content (AvgIpc) is 3.01. The summed E-state index contributed by atoms with van der Waals surface area (Å²) in [5.41, 5.74) is 16.6. The van der Waals surface area contributed by atoms with Crippen LogP contribution in [-0.2, 0) is 13.0 Å². The van der Waals surface area contributed by atoms with Crippen molar-refractivity contribution in [2.24, 2.45) is 0 Å². The number of para-hydroxylation sites is 1. The van der Waals surface area contributed by atoms with Crippen molar-refractivity contribution in [2.45, 2.75) is 33.2 Å². The highest BCUT2D eigenvalue weighted by atomic mass is 16.5. The van der Waals surface area contributed by atoms with E-state index >= 15 is 0 Å². The largest absolute Gasteiger partial charge is 0.382 e. The molecule has 0 aliphatic rings. The second-order valence-corrected chi connectivity index (χ2v) is 9.96. The highest BCUT2D eigenvalue weighted by Gasteiger charge is 2.17. The molecule has 5 aromatic rings. The van der Waals surface area contributed by atoms with Gasteiger partial charge in [0, 0.05) is 25.6 Å². The molecule has 0 aliphatic carbocycles. The Morgan fingerprint density at radius 3 is 2.34 bits per heavy atom. The van der Waals surface area contributed by atoms with Gasteiger partial charge in [0.1, 0.15) is 23.3 Å². The number of carbonyl (C=O) groups is 1. The number of nitrogens with one attached hydrogen (secondary N) is 1. The summed E-state index contributed by atoms with van der Waals surface area (Å²) in [7, 11) is 1.93. The zero-order chi connectivity index (χ0) is 31.8. The minimum Gasteiger partial charge on any atom is -0.382 e. The summed E-state index contributed by atoms with van der Waals surface area (Å²) in [4.78, 5) is 39.6. The number of amides is 1. The molecular formula is C32H33N9O3. The molecule has 0 saturated heterocycles. The van der Waals surface area contributed by atoms with E-state index in [2.05, 4.69) is 16.9 Å². The Kier molecular flexibility index (Phi) is 9.85. The normalized spacial score (nSPS) is 10.4. The van der Waals surface area contributed by atoms with Crippen molar-refractivity contribution in [3.05, 3.63) is 111 Å². The lowest BCUT2D eigenvalue weighted by Gasteiger charge is -2.22. The molecule has 2 heterocycles. The Bertz CT molecular complexity index is 1860. The van der Waals surface area contributed by atoms with Crippen LogP contribution in [0.25, 0.3) is 16.6 Å². The minimum atomic E-state index is -0.556. The number of rotatable bonds is 7. The van der Waals surface area contributed by atoms with Crippen LogP contribution < -0.4 is 27.4 Å². The van der Waals surface area contributed by atoms with Crippen molar-refractivity contribution in [3.8, 4) is 11.8 Å². The highest BCUT2D eigenvalue weighted by Crippen LogP contribution is 2.25. The Morgan fingerprint density at radius 1 is 1.02 bits per heavy atom. The molecule has 12 nitrogen and oxygen atoms in total. The Labute approximate surface area is 254 Å². The molecule has 0 atom stereocenters. The van der Waals surface area contributed by atoms with Crippen molar-refractivity contribution >= 4 is 34.3 Å². The van der Waals surface area contributed by atoms with E-state index in [1.165, 1.54) is 0 Å². The maximum atomic E-state index is 13.8. The average molecular weight is 592 g/mol. The van der Waals surface area contributed by atoms with E-state index in [0.29, 0.717) is 40.7 Å². The summed E-state index contributed by atoms with van der Waals surface area (Å²) in [6, 6.07) is 24.2. The van der Waals surface area contributed by atoms with Crippen LogP contribution in [0.1, 0.15) is 46.3 Å². The number of nitriles is 1. The van der Waals surface area contributed by atoms with Gasteiger partial charge in [-0.3, -0.25) is 19.4 Å². The van der Waals surface area contributed by atoms with Crippen molar-refractivity contribution in [3.63, 3.8) is 0 Å². The van der Waals surface area contributed by atoms with Crippen LogP contribution in [0, 0.1) is 18.3 Å².